The van der Waals surface area contributed by atoms with Gasteiger partial charge >= 0.3 is 5.97 Å². The highest BCUT2D eigenvalue weighted by molar-refractivity contribution is 5.74. The van der Waals surface area contributed by atoms with Gasteiger partial charge in [-0.15, -0.1) is 0 Å². The van der Waals surface area contributed by atoms with Crippen LogP contribution in [-0.4, -0.2) is 13.1 Å². The Morgan fingerprint density at radius 3 is 2.55 bits per heavy atom. The van der Waals surface area contributed by atoms with E-state index in [1.165, 1.54) is 7.11 Å². The third-order valence-electron chi connectivity index (χ3n) is 3.36. The third-order valence-corrected chi connectivity index (χ3v) is 3.36. The van der Waals surface area contributed by atoms with E-state index in [1.54, 1.807) is 18.2 Å². The van der Waals surface area contributed by atoms with Crippen LogP contribution in [0, 0.1) is 11.3 Å². The van der Waals surface area contributed by atoms with Gasteiger partial charge in [-0.05, 0) is 23.6 Å². The van der Waals surface area contributed by atoms with E-state index in [1.807, 2.05) is 43.3 Å². The number of nitrogens with zero attached hydrogens (tertiary/aromatic N) is 1. The monoisotopic (exact) mass is 295 g/mol. The number of hydrogen-bond donors (Lipinski definition) is 0. The molecule has 2 aromatic rings. The molecule has 0 fully saturated rings. The molecule has 0 saturated heterocycles. The van der Waals surface area contributed by atoms with E-state index in [0.29, 0.717) is 17.1 Å². The average molecular weight is 295 g/mol. The highest BCUT2D eigenvalue weighted by Crippen LogP contribution is 2.29. The molecule has 0 aliphatic rings. The van der Waals surface area contributed by atoms with Crippen molar-refractivity contribution in [1.29, 1.82) is 5.26 Å². The van der Waals surface area contributed by atoms with Gasteiger partial charge in [0.25, 0.3) is 0 Å². The maximum atomic E-state index is 12.1. The molecule has 0 aliphatic heterocycles. The largest absolute Gasteiger partial charge is 0.493 e. The zero-order chi connectivity index (χ0) is 15.9. The van der Waals surface area contributed by atoms with Crippen LogP contribution < -0.4 is 9.47 Å². The lowest BCUT2D eigenvalue weighted by molar-refractivity contribution is -0.134. The molecule has 0 amide bonds. The Morgan fingerprint density at radius 2 is 1.91 bits per heavy atom. The van der Waals surface area contributed by atoms with Crippen LogP contribution in [0.15, 0.2) is 48.5 Å². The van der Waals surface area contributed by atoms with Crippen molar-refractivity contribution in [3.8, 4) is 17.6 Å². The van der Waals surface area contributed by atoms with Gasteiger partial charge in [-0.25, -0.2) is 0 Å². The van der Waals surface area contributed by atoms with Gasteiger partial charge in [-0.1, -0.05) is 37.3 Å². The quantitative estimate of drug-likeness (QED) is 0.624. The van der Waals surface area contributed by atoms with E-state index in [2.05, 4.69) is 0 Å². The van der Waals surface area contributed by atoms with Gasteiger partial charge in [-0.3, -0.25) is 4.79 Å². The van der Waals surface area contributed by atoms with Crippen molar-refractivity contribution in [3.63, 3.8) is 0 Å². The number of nitriles is 1. The number of carbonyl (C=O) groups excluding carboxylic acids is 1. The van der Waals surface area contributed by atoms with Gasteiger partial charge in [0.2, 0.25) is 0 Å². The van der Waals surface area contributed by atoms with Crippen LogP contribution in [0.4, 0.5) is 0 Å². The molecule has 4 heteroatoms. The normalized spacial score (nSPS) is 11.3. The van der Waals surface area contributed by atoms with Crippen LogP contribution >= 0.6 is 0 Å². The molecule has 0 radical (unpaired) electrons. The summed E-state index contributed by atoms with van der Waals surface area (Å²) in [6, 6.07) is 16.5. The van der Waals surface area contributed by atoms with Crippen molar-refractivity contribution in [3.05, 3.63) is 59.7 Å². The van der Waals surface area contributed by atoms with Gasteiger partial charge in [0.05, 0.1) is 25.2 Å². The first-order valence-corrected chi connectivity index (χ1v) is 6.97. The summed E-state index contributed by atoms with van der Waals surface area (Å²) in [5.74, 6) is 0.434. The Labute approximate surface area is 129 Å². The Bertz CT molecular complexity index is 689. The number of esters is 1. The van der Waals surface area contributed by atoms with Crippen molar-refractivity contribution in [2.24, 2.45) is 0 Å². The van der Waals surface area contributed by atoms with Crippen molar-refractivity contribution in [2.75, 3.05) is 7.11 Å². The number of carbonyl (C=O) groups is 1. The highest BCUT2D eigenvalue weighted by atomic mass is 16.6. The van der Waals surface area contributed by atoms with E-state index in [4.69, 9.17) is 14.7 Å². The molecule has 1 atom stereocenters. The molecule has 0 spiro atoms. The first kappa shape index (κ1) is 15.6. The zero-order valence-corrected chi connectivity index (χ0v) is 12.6. The Hall–Kier alpha value is -2.80. The van der Waals surface area contributed by atoms with Crippen LogP contribution in [0.2, 0.25) is 0 Å². The molecule has 0 aromatic heterocycles. The highest BCUT2D eigenvalue weighted by Gasteiger charge is 2.15. The van der Waals surface area contributed by atoms with E-state index in [-0.39, 0.29) is 18.3 Å². The minimum atomic E-state index is -0.334. The lowest BCUT2D eigenvalue weighted by Gasteiger charge is -2.13. The Kier molecular flexibility index (Phi) is 5.16. The number of hydrogen-bond acceptors (Lipinski definition) is 4. The fourth-order valence-electron chi connectivity index (χ4n) is 2.14. The SMILES string of the molecule is COc1cc(C#N)ccc1OC(=O)CC(C)c1ccccc1. The summed E-state index contributed by atoms with van der Waals surface area (Å²) in [7, 11) is 1.47. The summed E-state index contributed by atoms with van der Waals surface area (Å²) >= 11 is 0. The lowest BCUT2D eigenvalue weighted by Crippen LogP contribution is -2.12. The molecule has 0 aliphatic carbocycles. The van der Waals surface area contributed by atoms with Crippen LogP contribution in [0.5, 0.6) is 11.5 Å². The lowest BCUT2D eigenvalue weighted by atomic mass is 9.98. The molecule has 0 bridgehead atoms. The van der Waals surface area contributed by atoms with E-state index in [9.17, 15) is 4.79 Å². The summed E-state index contributed by atoms with van der Waals surface area (Å²) in [5, 5.41) is 8.86. The smallest absolute Gasteiger partial charge is 0.311 e. The molecule has 0 saturated carbocycles. The van der Waals surface area contributed by atoms with Crippen LogP contribution in [0.3, 0.4) is 0 Å². The fourth-order valence-corrected chi connectivity index (χ4v) is 2.14. The summed E-state index contributed by atoms with van der Waals surface area (Å²) in [6.07, 6.45) is 0.271. The van der Waals surface area contributed by atoms with Crippen LogP contribution in [-0.2, 0) is 4.79 Å². The molecule has 2 aromatic carbocycles. The van der Waals surface area contributed by atoms with Gasteiger partial charge in [0.1, 0.15) is 0 Å². The summed E-state index contributed by atoms with van der Waals surface area (Å²) in [6.45, 7) is 1.98. The van der Waals surface area contributed by atoms with E-state index >= 15 is 0 Å². The molecule has 112 valence electrons. The molecular formula is C18H17NO3. The second kappa shape index (κ2) is 7.28. The standard InChI is InChI=1S/C18H17NO3/c1-13(15-6-4-3-5-7-15)10-18(20)22-16-9-8-14(12-19)11-17(16)21-2/h3-9,11,13H,10H2,1-2H3. The van der Waals surface area contributed by atoms with Gasteiger partial charge in [0, 0.05) is 6.07 Å². The van der Waals surface area contributed by atoms with Crippen molar-refractivity contribution < 1.29 is 14.3 Å². The predicted molar refractivity (Wildman–Crippen MR) is 82.8 cm³/mol. The molecular weight excluding hydrogens is 278 g/mol. The summed E-state index contributed by atoms with van der Waals surface area (Å²) in [5.41, 5.74) is 1.54. The van der Waals surface area contributed by atoms with Gasteiger partial charge < -0.3 is 9.47 Å². The Balaban J connectivity index is 2.05. The van der Waals surface area contributed by atoms with Crippen LogP contribution in [0.25, 0.3) is 0 Å². The maximum Gasteiger partial charge on any atom is 0.311 e. The second-order valence-corrected chi connectivity index (χ2v) is 4.97. The van der Waals surface area contributed by atoms with E-state index < -0.39 is 0 Å². The molecule has 2 rings (SSSR count). The van der Waals surface area contributed by atoms with Gasteiger partial charge in [-0.2, -0.15) is 5.26 Å². The maximum absolute atomic E-state index is 12.1. The number of benzene rings is 2. The number of methoxy groups -OCH3 is 1. The van der Waals surface area contributed by atoms with Crippen molar-refractivity contribution in [1.82, 2.24) is 0 Å². The first-order valence-electron chi connectivity index (χ1n) is 6.97. The van der Waals surface area contributed by atoms with Gasteiger partial charge in [0.15, 0.2) is 11.5 Å². The molecule has 1 unspecified atom stereocenters. The first-order chi connectivity index (χ1) is 10.6. The molecule has 0 N–H and O–H groups in total. The topological polar surface area (TPSA) is 59.3 Å². The van der Waals surface area contributed by atoms with Crippen molar-refractivity contribution >= 4 is 5.97 Å². The van der Waals surface area contributed by atoms with Crippen LogP contribution in [0.1, 0.15) is 30.4 Å². The molecule has 4 nitrogen and oxygen atoms in total. The predicted octanol–water partition coefficient (Wildman–Crippen LogP) is 3.67. The zero-order valence-electron chi connectivity index (χ0n) is 12.6. The molecule has 0 heterocycles. The second-order valence-electron chi connectivity index (χ2n) is 4.97. The van der Waals surface area contributed by atoms with E-state index in [0.717, 1.165) is 5.56 Å². The third kappa shape index (κ3) is 3.86. The minimum Gasteiger partial charge on any atom is -0.493 e. The fraction of sp³-hybridized carbons (Fsp3) is 0.222. The summed E-state index contributed by atoms with van der Waals surface area (Å²) in [4.78, 5) is 12.1. The average Bonchev–Trinajstić information content (AvgIpc) is 2.55. The Morgan fingerprint density at radius 1 is 1.18 bits per heavy atom. The summed E-state index contributed by atoms with van der Waals surface area (Å²) < 4.78 is 10.5. The molecule has 22 heavy (non-hydrogen) atoms. The number of rotatable bonds is 5. The minimum absolute atomic E-state index is 0.0677. The number of ether oxygens (including phenoxy) is 2. The van der Waals surface area contributed by atoms with Crippen molar-refractivity contribution in [2.45, 2.75) is 19.3 Å².